The first-order valence-corrected chi connectivity index (χ1v) is 12.9. The van der Waals surface area contributed by atoms with Crippen molar-refractivity contribution in [1.82, 2.24) is 5.32 Å². The van der Waals surface area contributed by atoms with Crippen molar-refractivity contribution in [1.29, 1.82) is 0 Å². The number of carbonyl (C=O) groups excluding carboxylic acids is 1. The smallest absolute Gasteiger partial charge is 0.250 e. The van der Waals surface area contributed by atoms with Gasteiger partial charge in [-0.2, -0.15) is 0 Å². The van der Waals surface area contributed by atoms with Crippen molar-refractivity contribution in [2.75, 3.05) is 18.8 Å². The summed E-state index contributed by atoms with van der Waals surface area (Å²) in [4.78, 5) is 17.9. The van der Waals surface area contributed by atoms with E-state index in [0.29, 0.717) is 30.7 Å². The predicted molar refractivity (Wildman–Crippen MR) is 137 cm³/mol. The Bertz CT molecular complexity index is 1120. The van der Waals surface area contributed by atoms with Gasteiger partial charge in [-0.25, -0.2) is 9.38 Å². The Morgan fingerprint density at radius 1 is 1.18 bits per heavy atom. The molecule has 4 nitrogen and oxygen atoms in total. The van der Waals surface area contributed by atoms with E-state index in [0.717, 1.165) is 30.0 Å². The molecule has 178 valence electrons. The summed E-state index contributed by atoms with van der Waals surface area (Å²) in [5.74, 6) is 1.11. The molecule has 0 saturated carbocycles. The van der Waals surface area contributed by atoms with Crippen molar-refractivity contribution in [2.45, 2.75) is 43.1 Å². The molecule has 0 aromatic heterocycles. The number of allylic oxidation sites excluding steroid dienone is 3. The van der Waals surface area contributed by atoms with Gasteiger partial charge in [0, 0.05) is 29.9 Å². The summed E-state index contributed by atoms with van der Waals surface area (Å²) in [6, 6.07) is 12.9. The Labute approximate surface area is 209 Å². The highest BCUT2D eigenvalue weighted by molar-refractivity contribution is 7.99. The number of rotatable bonds is 7. The molecule has 2 aromatic rings. The third-order valence-electron chi connectivity index (χ3n) is 5.98. The summed E-state index contributed by atoms with van der Waals surface area (Å²) in [6.45, 7) is 3.67. The van der Waals surface area contributed by atoms with Crippen molar-refractivity contribution < 1.29 is 13.9 Å². The second-order valence-corrected chi connectivity index (χ2v) is 10.1. The van der Waals surface area contributed by atoms with Gasteiger partial charge in [-0.15, -0.1) is 11.8 Å². The third-order valence-corrected chi connectivity index (χ3v) is 7.18. The Hall–Kier alpha value is -2.41. The van der Waals surface area contributed by atoms with Gasteiger partial charge in [-0.3, -0.25) is 4.79 Å². The van der Waals surface area contributed by atoms with E-state index in [-0.39, 0.29) is 17.4 Å². The van der Waals surface area contributed by atoms with Crippen LogP contribution in [0.15, 0.2) is 76.3 Å². The van der Waals surface area contributed by atoms with E-state index < -0.39 is 11.4 Å². The molecule has 1 fully saturated rings. The highest BCUT2D eigenvalue weighted by Gasteiger charge is 2.37. The van der Waals surface area contributed by atoms with Gasteiger partial charge < -0.3 is 10.1 Å². The van der Waals surface area contributed by atoms with E-state index >= 15 is 0 Å². The van der Waals surface area contributed by atoms with Gasteiger partial charge in [0.25, 0.3) is 0 Å². The Kier molecular flexibility index (Phi) is 8.24. The summed E-state index contributed by atoms with van der Waals surface area (Å²) in [5, 5.41) is 3.44. The molecular formula is C27H28ClFN2O2S. The van der Waals surface area contributed by atoms with Crippen LogP contribution in [0.5, 0.6) is 0 Å². The number of piperidine rings is 1. The molecule has 2 aromatic carbocycles. The average molecular weight is 499 g/mol. The predicted octanol–water partition coefficient (Wildman–Crippen LogP) is 6.24. The number of benzene rings is 2. The van der Waals surface area contributed by atoms with Crippen LogP contribution < -0.4 is 5.32 Å². The van der Waals surface area contributed by atoms with Crippen LogP contribution in [0.4, 0.5) is 4.39 Å². The van der Waals surface area contributed by atoms with E-state index in [1.54, 1.807) is 17.8 Å². The highest BCUT2D eigenvalue weighted by atomic mass is 35.5. The molecule has 1 N–H and O–H groups in total. The van der Waals surface area contributed by atoms with Crippen molar-refractivity contribution in [3.8, 4) is 0 Å². The number of halogens is 2. The molecule has 2 aliphatic rings. The topological polar surface area (TPSA) is 50.7 Å². The standard InChI is InChI=1S/C27H28ClFN2O2S/c1-2-34-23-10-3-19(4-11-23)17-26(32)31-21-6-8-22(9-7-21)33-27(13-15-30-16-14-27)20-5-12-24(28)25(29)18-20/h3-6,8-12,18,30H,2,7,13-17H2,1H3. The lowest BCUT2D eigenvalue weighted by Crippen LogP contribution is -2.41. The van der Waals surface area contributed by atoms with E-state index in [2.05, 4.69) is 17.2 Å². The van der Waals surface area contributed by atoms with E-state index in [4.69, 9.17) is 16.3 Å². The molecule has 0 atom stereocenters. The molecule has 7 heteroatoms. The fourth-order valence-corrected chi connectivity index (χ4v) is 4.99. The molecular weight excluding hydrogens is 471 g/mol. The molecule has 1 saturated heterocycles. The van der Waals surface area contributed by atoms with Gasteiger partial charge in [-0.05, 0) is 72.5 Å². The number of amides is 1. The SMILES string of the molecule is CCSc1ccc(CC(=O)N=C2C=CC(OC3(c4ccc(Cl)c(F)c4)CCNCC3)=CC2)cc1. The van der Waals surface area contributed by atoms with Crippen molar-refractivity contribution in [3.63, 3.8) is 0 Å². The highest BCUT2D eigenvalue weighted by Crippen LogP contribution is 2.38. The largest absolute Gasteiger partial charge is 0.483 e. The van der Waals surface area contributed by atoms with Gasteiger partial charge in [0.15, 0.2) is 0 Å². The van der Waals surface area contributed by atoms with Crippen LogP contribution in [0.3, 0.4) is 0 Å². The average Bonchev–Trinajstić information content (AvgIpc) is 2.84. The normalized spacial score (nSPS) is 18.6. The molecule has 0 bridgehead atoms. The van der Waals surface area contributed by atoms with E-state index in [1.165, 1.54) is 11.0 Å². The first-order chi connectivity index (χ1) is 16.5. The van der Waals surface area contributed by atoms with Crippen molar-refractivity contribution in [2.24, 2.45) is 4.99 Å². The minimum atomic E-state index is -0.625. The summed E-state index contributed by atoms with van der Waals surface area (Å²) in [7, 11) is 0. The van der Waals surface area contributed by atoms with Gasteiger partial charge in [-0.1, -0.05) is 36.7 Å². The number of carbonyl (C=O) groups is 1. The van der Waals surface area contributed by atoms with Gasteiger partial charge >= 0.3 is 0 Å². The second-order valence-electron chi connectivity index (χ2n) is 8.37. The summed E-state index contributed by atoms with van der Waals surface area (Å²) in [6.07, 6.45) is 7.81. The molecule has 0 radical (unpaired) electrons. The molecule has 1 heterocycles. The maximum atomic E-state index is 14.2. The minimum Gasteiger partial charge on any atom is -0.483 e. The van der Waals surface area contributed by atoms with Crippen LogP contribution >= 0.6 is 23.4 Å². The first-order valence-electron chi connectivity index (χ1n) is 11.5. The third kappa shape index (κ3) is 6.17. The van der Waals surface area contributed by atoms with E-state index in [1.807, 2.05) is 48.6 Å². The molecule has 1 aliphatic carbocycles. The molecule has 4 rings (SSSR count). The fourth-order valence-electron chi connectivity index (χ4n) is 4.21. The van der Waals surface area contributed by atoms with Crippen LogP contribution in [-0.2, 0) is 21.6 Å². The molecule has 34 heavy (non-hydrogen) atoms. The number of ether oxygens (including phenoxy) is 1. The second kappa shape index (κ2) is 11.3. The summed E-state index contributed by atoms with van der Waals surface area (Å²) < 4.78 is 20.6. The quantitative estimate of drug-likeness (QED) is 0.459. The monoisotopic (exact) mass is 498 g/mol. The number of hydrogen-bond donors (Lipinski definition) is 1. The van der Waals surface area contributed by atoms with Gasteiger partial charge in [0.1, 0.15) is 17.2 Å². The van der Waals surface area contributed by atoms with Crippen molar-refractivity contribution in [3.05, 3.63) is 88.4 Å². The number of thioether (sulfide) groups is 1. The number of nitrogens with one attached hydrogen (secondary N) is 1. The molecule has 1 aliphatic heterocycles. The van der Waals surface area contributed by atoms with Crippen LogP contribution in [0.2, 0.25) is 5.02 Å². The lowest BCUT2D eigenvalue weighted by molar-refractivity contribution is -0.117. The van der Waals surface area contributed by atoms with Gasteiger partial charge in [0.05, 0.1) is 11.4 Å². The van der Waals surface area contributed by atoms with Crippen LogP contribution in [-0.4, -0.2) is 30.5 Å². The maximum absolute atomic E-state index is 14.2. The lowest BCUT2D eigenvalue weighted by Gasteiger charge is -2.39. The van der Waals surface area contributed by atoms with Gasteiger partial charge in [0.2, 0.25) is 5.91 Å². The zero-order chi connectivity index (χ0) is 24.0. The summed E-state index contributed by atoms with van der Waals surface area (Å²) >= 11 is 7.67. The van der Waals surface area contributed by atoms with E-state index in [9.17, 15) is 9.18 Å². The molecule has 0 spiro atoms. The zero-order valence-corrected chi connectivity index (χ0v) is 20.7. The Morgan fingerprint density at radius 3 is 2.59 bits per heavy atom. The van der Waals surface area contributed by atoms with Crippen LogP contribution in [0, 0.1) is 5.82 Å². The molecule has 1 amide bonds. The van der Waals surface area contributed by atoms with Crippen LogP contribution in [0.1, 0.15) is 37.3 Å². The lowest BCUT2D eigenvalue weighted by atomic mass is 9.84. The maximum Gasteiger partial charge on any atom is 0.250 e. The number of hydrogen-bond acceptors (Lipinski definition) is 4. The fraction of sp³-hybridized carbons (Fsp3) is 0.333. The summed E-state index contributed by atoms with van der Waals surface area (Å²) in [5.41, 5.74) is 1.81. The number of aliphatic imine (C=N–C) groups is 1. The Balaban J connectivity index is 1.41. The number of nitrogens with zero attached hydrogens (tertiary/aromatic N) is 1. The Morgan fingerprint density at radius 2 is 1.94 bits per heavy atom. The molecule has 0 unspecified atom stereocenters. The first kappa shape index (κ1) is 24.7. The van der Waals surface area contributed by atoms with Crippen molar-refractivity contribution >= 4 is 35.0 Å². The zero-order valence-electron chi connectivity index (χ0n) is 19.2. The van der Waals surface area contributed by atoms with Crippen LogP contribution in [0.25, 0.3) is 0 Å². The minimum absolute atomic E-state index is 0.103.